The van der Waals surface area contributed by atoms with E-state index in [1.807, 2.05) is 36.4 Å². The van der Waals surface area contributed by atoms with Crippen LogP contribution in [-0.2, 0) is 0 Å². The van der Waals surface area contributed by atoms with Gasteiger partial charge in [0.25, 0.3) is 0 Å². The fraction of sp³-hybridized carbons (Fsp3) is 0.333. The molecule has 3 aromatic rings. The molecule has 0 saturated heterocycles. The highest BCUT2D eigenvalue weighted by molar-refractivity contribution is 5.54. The predicted octanol–water partition coefficient (Wildman–Crippen LogP) is 4.76. The van der Waals surface area contributed by atoms with Crippen LogP contribution in [0.15, 0.2) is 54.7 Å². The molecule has 1 aliphatic carbocycles. The zero-order valence-electron chi connectivity index (χ0n) is 18.3. The van der Waals surface area contributed by atoms with Crippen molar-refractivity contribution in [3.05, 3.63) is 54.7 Å². The molecule has 2 aromatic carbocycles. The predicted molar refractivity (Wildman–Crippen MR) is 122 cm³/mol. The summed E-state index contributed by atoms with van der Waals surface area (Å²) in [4.78, 5) is 8.89. The minimum absolute atomic E-state index is 0.185. The molecule has 8 nitrogen and oxygen atoms in total. The van der Waals surface area contributed by atoms with Crippen molar-refractivity contribution < 1.29 is 18.9 Å². The van der Waals surface area contributed by atoms with Gasteiger partial charge in [-0.15, -0.1) is 0 Å². The lowest BCUT2D eigenvalue weighted by molar-refractivity contribution is 0.396. The molecule has 0 amide bonds. The third-order valence-corrected chi connectivity index (χ3v) is 5.35. The molecule has 2 atom stereocenters. The summed E-state index contributed by atoms with van der Waals surface area (Å²) in [6.07, 6.45) is 5.77. The van der Waals surface area contributed by atoms with Crippen LogP contribution < -0.4 is 30.0 Å². The summed E-state index contributed by atoms with van der Waals surface area (Å²) in [6, 6.07) is 15.2. The van der Waals surface area contributed by atoms with Crippen molar-refractivity contribution in [3.63, 3.8) is 0 Å². The van der Waals surface area contributed by atoms with Crippen LogP contribution in [0, 0.1) is 0 Å². The highest BCUT2D eigenvalue weighted by Crippen LogP contribution is 2.33. The van der Waals surface area contributed by atoms with Gasteiger partial charge in [0.15, 0.2) is 0 Å². The summed E-state index contributed by atoms with van der Waals surface area (Å²) < 4.78 is 22.3. The molecule has 0 radical (unpaired) electrons. The number of methoxy groups -OCH3 is 2. The first-order chi connectivity index (χ1) is 15.6. The quantitative estimate of drug-likeness (QED) is 0.521. The van der Waals surface area contributed by atoms with Gasteiger partial charge in [-0.1, -0.05) is 0 Å². The van der Waals surface area contributed by atoms with Gasteiger partial charge in [-0.2, -0.15) is 4.98 Å². The first-order valence-corrected chi connectivity index (χ1v) is 10.7. The molecule has 32 heavy (non-hydrogen) atoms. The highest BCUT2D eigenvalue weighted by Gasteiger charge is 2.21. The number of rotatable bonds is 8. The Balaban J connectivity index is 1.57. The number of hydrogen-bond acceptors (Lipinski definition) is 8. The van der Waals surface area contributed by atoms with Crippen LogP contribution in [0.25, 0.3) is 0 Å². The summed E-state index contributed by atoms with van der Waals surface area (Å²) >= 11 is 0. The van der Waals surface area contributed by atoms with Gasteiger partial charge < -0.3 is 30.0 Å². The molecule has 0 bridgehead atoms. The van der Waals surface area contributed by atoms with Gasteiger partial charge >= 0.3 is 6.01 Å². The minimum atomic E-state index is 0.185. The molecular formula is C24H28N4O4. The van der Waals surface area contributed by atoms with Crippen LogP contribution in [0.4, 0.5) is 5.69 Å². The number of nitrogens with one attached hydrogen (secondary N) is 1. The van der Waals surface area contributed by atoms with E-state index in [4.69, 9.17) is 24.7 Å². The fourth-order valence-corrected chi connectivity index (χ4v) is 3.66. The van der Waals surface area contributed by atoms with Gasteiger partial charge in [-0.05, 0) is 74.2 Å². The Hall–Kier alpha value is -3.52. The van der Waals surface area contributed by atoms with Crippen LogP contribution >= 0.6 is 0 Å². The van der Waals surface area contributed by atoms with E-state index in [0.29, 0.717) is 23.1 Å². The lowest BCUT2D eigenvalue weighted by atomic mass is 9.91. The molecule has 4 rings (SSSR count). The van der Waals surface area contributed by atoms with E-state index < -0.39 is 0 Å². The molecule has 1 aliphatic rings. The number of hydrogen-bond donors (Lipinski definition) is 2. The van der Waals surface area contributed by atoms with Gasteiger partial charge in [0, 0.05) is 12.1 Å². The molecule has 1 aromatic heterocycles. The Labute approximate surface area is 187 Å². The van der Waals surface area contributed by atoms with Crippen molar-refractivity contribution >= 4 is 5.69 Å². The number of nitrogens with zero attached hydrogens (tertiary/aromatic N) is 2. The number of anilines is 1. The Kier molecular flexibility index (Phi) is 6.91. The molecule has 3 N–H and O–H groups in total. The van der Waals surface area contributed by atoms with Crippen molar-refractivity contribution in [1.82, 2.24) is 9.97 Å². The first-order valence-electron chi connectivity index (χ1n) is 10.7. The summed E-state index contributed by atoms with van der Waals surface area (Å²) in [5.41, 5.74) is 6.85. The lowest BCUT2D eigenvalue weighted by Crippen LogP contribution is -2.35. The molecule has 1 fully saturated rings. The average Bonchev–Trinajstić information content (AvgIpc) is 2.82. The molecular weight excluding hydrogens is 408 g/mol. The lowest BCUT2D eigenvalue weighted by Gasteiger charge is -2.28. The second kappa shape index (κ2) is 10.2. The van der Waals surface area contributed by atoms with E-state index in [2.05, 4.69) is 15.3 Å². The van der Waals surface area contributed by atoms with Crippen LogP contribution in [-0.4, -0.2) is 36.3 Å². The molecule has 1 heterocycles. The van der Waals surface area contributed by atoms with E-state index in [0.717, 1.165) is 37.2 Å². The zero-order chi connectivity index (χ0) is 22.3. The maximum Gasteiger partial charge on any atom is 0.325 e. The molecule has 0 spiro atoms. The van der Waals surface area contributed by atoms with Crippen LogP contribution in [0.2, 0.25) is 0 Å². The number of ether oxygens (including phenoxy) is 4. The summed E-state index contributed by atoms with van der Waals surface area (Å²) in [5, 5.41) is 3.50. The Morgan fingerprint density at radius 2 is 1.44 bits per heavy atom. The Morgan fingerprint density at radius 1 is 0.844 bits per heavy atom. The smallest absolute Gasteiger partial charge is 0.325 e. The van der Waals surface area contributed by atoms with Crippen molar-refractivity contribution in [2.75, 3.05) is 19.5 Å². The van der Waals surface area contributed by atoms with Crippen molar-refractivity contribution in [3.8, 4) is 34.9 Å². The second-order valence-corrected chi connectivity index (χ2v) is 7.69. The molecule has 168 valence electrons. The maximum absolute atomic E-state index is 6.16. The standard InChI is InChI=1S/C24H28N4O4/c1-29-18-6-10-20(11-7-18)31-23-22(27-17-5-3-4-16(25)14-17)15-26-24(28-23)32-21-12-8-19(30-2)9-13-21/h6-13,15-17,27H,3-5,14,25H2,1-2H3/t16-,17-/m1/s1. The third kappa shape index (κ3) is 5.59. The zero-order valence-corrected chi connectivity index (χ0v) is 18.3. The summed E-state index contributed by atoms with van der Waals surface area (Å²) in [7, 11) is 3.24. The van der Waals surface area contributed by atoms with Gasteiger partial charge in [0.2, 0.25) is 5.88 Å². The van der Waals surface area contributed by atoms with Gasteiger partial charge in [0.1, 0.15) is 28.7 Å². The van der Waals surface area contributed by atoms with E-state index in [9.17, 15) is 0 Å². The Bertz CT molecular complexity index is 1010. The van der Waals surface area contributed by atoms with Gasteiger partial charge in [-0.3, -0.25) is 0 Å². The van der Waals surface area contributed by atoms with E-state index in [1.165, 1.54) is 0 Å². The fourth-order valence-electron chi connectivity index (χ4n) is 3.66. The monoisotopic (exact) mass is 436 g/mol. The number of benzene rings is 2. The van der Waals surface area contributed by atoms with Gasteiger partial charge in [0.05, 0.1) is 20.4 Å². The minimum Gasteiger partial charge on any atom is -0.497 e. The number of nitrogens with two attached hydrogens (primary N) is 1. The van der Waals surface area contributed by atoms with Crippen LogP contribution in [0.3, 0.4) is 0 Å². The topological polar surface area (TPSA) is 101 Å². The second-order valence-electron chi connectivity index (χ2n) is 7.69. The van der Waals surface area contributed by atoms with Crippen molar-refractivity contribution in [2.24, 2.45) is 5.73 Å². The molecule has 0 aliphatic heterocycles. The SMILES string of the molecule is COc1ccc(Oc2ncc(N[C@@H]3CCC[C@@H](N)C3)c(Oc3ccc(OC)cc3)n2)cc1. The maximum atomic E-state index is 6.16. The van der Waals surface area contributed by atoms with Crippen LogP contribution in [0.1, 0.15) is 25.7 Å². The molecule has 1 saturated carbocycles. The first kappa shape index (κ1) is 21.7. The Morgan fingerprint density at radius 3 is 2.03 bits per heavy atom. The third-order valence-electron chi connectivity index (χ3n) is 5.35. The van der Waals surface area contributed by atoms with E-state index >= 15 is 0 Å². The largest absolute Gasteiger partial charge is 0.497 e. The molecule has 8 heteroatoms. The highest BCUT2D eigenvalue weighted by atomic mass is 16.5. The number of aromatic nitrogens is 2. The average molecular weight is 437 g/mol. The van der Waals surface area contributed by atoms with E-state index in [-0.39, 0.29) is 18.1 Å². The van der Waals surface area contributed by atoms with Crippen LogP contribution in [0.5, 0.6) is 34.9 Å². The summed E-state index contributed by atoms with van der Waals surface area (Å²) in [6.45, 7) is 0. The van der Waals surface area contributed by atoms with Crippen molar-refractivity contribution in [2.45, 2.75) is 37.8 Å². The van der Waals surface area contributed by atoms with Crippen molar-refractivity contribution in [1.29, 1.82) is 0 Å². The normalized spacial score (nSPS) is 18.0. The summed E-state index contributed by atoms with van der Waals surface area (Å²) in [5.74, 6) is 3.10. The van der Waals surface area contributed by atoms with Gasteiger partial charge in [-0.25, -0.2) is 4.98 Å². The van der Waals surface area contributed by atoms with E-state index in [1.54, 1.807) is 32.5 Å². The molecule has 0 unspecified atom stereocenters.